The van der Waals surface area contributed by atoms with Gasteiger partial charge in [0.25, 0.3) is 5.56 Å². The number of aliphatic hydroxyl groups is 1. The van der Waals surface area contributed by atoms with E-state index in [2.05, 4.69) is 37.9 Å². The van der Waals surface area contributed by atoms with E-state index < -0.39 is 17.3 Å². The number of hydrogen-bond donors (Lipinski definition) is 2. The zero-order valence-electron chi connectivity index (χ0n) is 19.8. The average molecular weight is 477 g/mol. The Morgan fingerprint density at radius 3 is 2.71 bits per heavy atom. The molecule has 182 valence electrons. The van der Waals surface area contributed by atoms with E-state index in [4.69, 9.17) is 9.47 Å². The number of allylic oxidation sites excluding steroid dienone is 2. The first-order chi connectivity index (χ1) is 16.7. The predicted octanol–water partition coefficient (Wildman–Crippen LogP) is 1.94. The Balaban J connectivity index is 1.45. The van der Waals surface area contributed by atoms with E-state index >= 15 is 0 Å². The maximum atomic E-state index is 11.5. The third-order valence-electron chi connectivity index (χ3n) is 6.92. The zero-order chi connectivity index (χ0) is 24.6. The van der Waals surface area contributed by atoms with Crippen LogP contribution < -0.4 is 10.3 Å². The molecule has 5 rings (SSSR count). The highest BCUT2D eigenvalue weighted by atomic mass is 16.6. The van der Waals surface area contributed by atoms with Gasteiger partial charge < -0.3 is 14.6 Å². The van der Waals surface area contributed by atoms with Crippen LogP contribution in [0, 0.1) is 5.92 Å². The molecule has 10 nitrogen and oxygen atoms in total. The van der Waals surface area contributed by atoms with Gasteiger partial charge >= 0.3 is 0 Å². The van der Waals surface area contributed by atoms with Crippen LogP contribution in [0.3, 0.4) is 0 Å². The molecule has 1 aliphatic heterocycles. The highest BCUT2D eigenvalue weighted by Gasteiger charge is 2.58. The monoisotopic (exact) mass is 476 g/mol. The molecule has 3 aromatic rings. The molecule has 4 unspecified atom stereocenters. The molecule has 4 atom stereocenters. The number of aromatic nitrogens is 6. The number of hydrogen-bond acceptors (Lipinski definition) is 8. The SMILES string of the molecule is CC1(C)OC2C=CC(c3nnnn3CCc3ccccc3)=CC2C(Oc2ccc(=O)[nH]n2)C1(C)O. The molecule has 1 saturated heterocycles. The number of H-pyrrole nitrogens is 1. The van der Waals surface area contributed by atoms with Gasteiger partial charge in [-0.3, -0.25) is 4.79 Å². The number of rotatable bonds is 6. The van der Waals surface area contributed by atoms with Gasteiger partial charge in [0.1, 0.15) is 11.7 Å². The zero-order valence-corrected chi connectivity index (χ0v) is 19.8. The maximum absolute atomic E-state index is 11.5. The minimum absolute atomic E-state index is 0.212. The molecule has 2 N–H and O–H groups in total. The lowest BCUT2D eigenvalue weighted by Gasteiger charge is -2.54. The number of nitrogens with one attached hydrogen (secondary N) is 1. The highest BCUT2D eigenvalue weighted by Crippen LogP contribution is 2.45. The summed E-state index contributed by atoms with van der Waals surface area (Å²) < 4.78 is 14.2. The highest BCUT2D eigenvalue weighted by molar-refractivity contribution is 5.71. The standard InChI is InChI=1S/C25H28N6O4/c1-24(2)25(3,33)22(34-21-12-11-20(32)26-27-21)18-15-17(9-10-19(18)35-24)23-28-29-30-31(23)14-13-16-7-5-4-6-8-16/h4-12,15,18-19,22,33H,13-14H2,1-3H3,(H,26,32). The fourth-order valence-corrected chi connectivity index (χ4v) is 4.55. The van der Waals surface area contributed by atoms with Crippen LogP contribution in [0.25, 0.3) is 5.57 Å². The van der Waals surface area contributed by atoms with Crippen LogP contribution in [0.5, 0.6) is 5.88 Å². The summed E-state index contributed by atoms with van der Waals surface area (Å²) in [5.74, 6) is 0.482. The van der Waals surface area contributed by atoms with Crippen molar-refractivity contribution < 1.29 is 14.6 Å². The van der Waals surface area contributed by atoms with E-state index in [9.17, 15) is 9.90 Å². The lowest BCUT2D eigenvalue weighted by atomic mass is 9.70. The van der Waals surface area contributed by atoms with Crippen molar-refractivity contribution in [3.05, 3.63) is 82.4 Å². The molecule has 35 heavy (non-hydrogen) atoms. The van der Waals surface area contributed by atoms with Gasteiger partial charge in [-0.2, -0.15) is 0 Å². The lowest BCUT2D eigenvalue weighted by molar-refractivity contribution is -0.261. The number of nitrogens with zero attached hydrogens (tertiary/aromatic N) is 5. The van der Waals surface area contributed by atoms with E-state index in [0.717, 1.165) is 12.0 Å². The third kappa shape index (κ3) is 4.42. The lowest BCUT2D eigenvalue weighted by Crippen LogP contribution is -2.68. The van der Waals surface area contributed by atoms with Gasteiger partial charge in [-0.25, -0.2) is 9.78 Å². The molecule has 0 bridgehead atoms. The molecule has 1 aliphatic carbocycles. The summed E-state index contributed by atoms with van der Waals surface area (Å²) in [4.78, 5) is 11.4. The molecule has 0 radical (unpaired) electrons. The predicted molar refractivity (Wildman–Crippen MR) is 127 cm³/mol. The summed E-state index contributed by atoms with van der Waals surface area (Å²) in [5, 5.41) is 30.2. The average Bonchev–Trinajstić information content (AvgIpc) is 3.31. The Morgan fingerprint density at radius 2 is 1.97 bits per heavy atom. The Bertz CT molecular complexity index is 1290. The van der Waals surface area contributed by atoms with Crippen LogP contribution in [0.15, 0.2) is 65.5 Å². The summed E-state index contributed by atoms with van der Waals surface area (Å²) >= 11 is 0. The Morgan fingerprint density at radius 1 is 1.17 bits per heavy atom. The van der Waals surface area contributed by atoms with E-state index in [1.807, 2.05) is 50.3 Å². The summed E-state index contributed by atoms with van der Waals surface area (Å²) in [6, 6.07) is 13.0. The van der Waals surface area contributed by atoms with Gasteiger partial charge in [0.2, 0.25) is 5.88 Å². The molecular formula is C25H28N6O4. The fourth-order valence-electron chi connectivity index (χ4n) is 4.55. The molecule has 2 aromatic heterocycles. The van der Waals surface area contributed by atoms with Crippen LogP contribution in [-0.2, 0) is 17.7 Å². The molecule has 0 saturated carbocycles. The van der Waals surface area contributed by atoms with Gasteiger partial charge in [-0.1, -0.05) is 48.6 Å². The van der Waals surface area contributed by atoms with Gasteiger partial charge in [0, 0.05) is 30.2 Å². The number of benzene rings is 1. The molecule has 10 heteroatoms. The van der Waals surface area contributed by atoms with Crippen molar-refractivity contribution in [2.75, 3.05) is 0 Å². The van der Waals surface area contributed by atoms with Crippen LogP contribution in [0.2, 0.25) is 0 Å². The Labute approximate surface area is 202 Å². The second-order valence-electron chi connectivity index (χ2n) is 9.56. The van der Waals surface area contributed by atoms with E-state index in [1.165, 1.54) is 17.7 Å². The molecular weight excluding hydrogens is 448 g/mol. The number of aryl methyl sites for hydroxylation is 2. The summed E-state index contributed by atoms with van der Waals surface area (Å²) in [6.45, 7) is 5.97. The molecule has 1 fully saturated rings. The first-order valence-electron chi connectivity index (χ1n) is 11.6. The number of fused-ring (bicyclic) bond motifs is 1. The van der Waals surface area contributed by atoms with Gasteiger partial charge in [-0.15, -0.1) is 10.2 Å². The third-order valence-corrected chi connectivity index (χ3v) is 6.92. The van der Waals surface area contributed by atoms with E-state index in [-0.39, 0.29) is 23.5 Å². The van der Waals surface area contributed by atoms with Crippen LogP contribution >= 0.6 is 0 Å². The van der Waals surface area contributed by atoms with E-state index in [1.54, 1.807) is 11.6 Å². The fraction of sp³-hybridized carbons (Fsp3) is 0.400. The van der Waals surface area contributed by atoms with Gasteiger partial charge in [-0.05, 0) is 43.2 Å². The molecule has 0 amide bonds. The summed E-state index contributed by atoms with van der Waals surface area (Å²) in [7, 11) is 0. The van der Waals surface area contributed by atoms with Crippen LogP contribution in [0.1, 0.15) is 32.2 Å². The largest absolute Gasteiger partial charge is 0.469 e. The number of ether oxygens (including phenoxy) is 2. The first-order valence-corrected chi connectivity index (χ1v) is 11.6. The normalized spacial score (nSPS) is 27.2. The first kappa shape index (κ1) is 23.1. The second kappa shape index (κ2) is 8.86. The van der Waals surface area contributed by atoms with Crippen molar-refractivity contribution in [2.45, 2.75) is 57.1 Å². The smallest absolute Gasteiger partial charge is 0.264 e. The van der Waals surface area contributed by atoms with E-state index in [0.29, 0.717) is 12.4 Å². The van der Waals surface area contributed by atoms with Crippen molar-refractivity contribution >= 4 is 5.57 Å². The minimum Gasteiger partial charge on any atom is -0.469 e. The maximum Gasteiger partial charge on any atom is 0.264 e. The van der Waals surface area contributed by atoms with Crippen LogP contribution in [0.4, 0.5) is 0 Å². The topological polar surface area (TPSA) is 128 Å². The van der Waals surface area contributed by atoms with Gasteiger partial charge in [0.05, 0.1) is 11.7 Å². The summed E-state index contributed by atoms with van der Waals surface area (Å²) in [5.41, 5.74) is -0.611. The van der Waals surface area contributed by atoms with Crippen molar-refractivity contribution in [3.63, 3.8) is 0 Å². The second-order valence-corrected chi connectivity index (χ2v) is 9.56. The molecule has 3 heterocycles. The molecule has 2 aliphatic rings. The number of tetrazole rings is 1. The van der Waals surface area contributed by atoms with Gasteiger partial charge in [0.15, 0.2) is 5.82 Å². The molecule has 0 spiro atoms. The van der Waals surface area contributed by atoms with Crippen molar-refractivity contribution in [2.24, 2.45) is 5.92 Å². The Kier molecular flexibility index (Phi) is 5.86. The minimum atomic E-state index is -1.38. The number of aromatic amines is 1. The molecule has 1 aromatic carbocycles. The Hall–Kier alpha value is -3.63. The summed E-state index contributed by atoms with van der Waals surface area (Å²) in [6.07, 6.45) is 5.60. The van der Waals surface area contributed by atoms with Crippen LogP contribution in [-0.4, -0.2) is 58.9 Å². The van der Waals surface area contributed by atoms with Crippen molar-refractivity contribution in [3.8, 4) is 5.88 Å². The quantitative estimate of drug-likeness (QED) is 0.553. The van der Waals surface area contributed by atoms with Crippen molar-refractivity contribution in [1.82, 2.24) is 30.4 Å². The van der Waals surface area contributed by atoms with Crippen molar-refractivity contribution in [1.29, 1.82) is 0 Å².